The van der Waals surface area contributed by atoms with E-state index in [9.17, 15) is 28.8 Å². The molecule has 0 saturated carbocycles. The number of carbonyl (C=O) groups excluding carboxylic acids is 4. The highest BCUT2D eigenvalue weighted by atomic mass is 16.7. The van der Waals surface area contributed by atoms with Crippen LogP contribution in [-0.4, -0.2) is 65.0 Å². The van der Waals surface area contributed by atoms with Gasteiger partial charge < -0.3 is 29.2 Å². The zero-order valence-electron chi connectivity index (χ0n) is 33.9. The van der Waals surface area contributed by atoms with Gasteiger partial charge in [0.2, 0.25) is 6.79 Å². The van der Waals surface area contributed by atoms with Gasteiger partial charge >= 0.3 is 35.8 Å². The first kappa shape index (κ1) is 51.3. The average molecular weight is 781 g/mol. The van der Waals surface area contributed by atoms with E-state index in [0.717, 1.165) is 128 Å². The van der Waals surface area contributed by atoms with Gasteiger partial charge in [0, 0.05) is 25.7 Å². The number of ether oxygens (including phenoxy) is 4. The molecular formula is C43H72O12. The van der Waals surface area contributed by atoms with E-state index >= 15 is 0 Å². The van der Waals surface area contributed by atoms with Crippen LogP contribution in [0.25, 0.3) is 0 Å². The molecule has 0 heterocycles. The molecule has 0 bridgehead atoms. The first-order chi connectivity index (χ1) is 26.6. The molecular weight excluding hydrogens is 708 g/mol. The van der Waals surface area contributed by atoms with Crippen molar-refractivity contribution < 1.29 is 57.9 Å². The summed E-state index contributed by atoms with van der Waals surface area (Å²) < 4.78 is 20.9. The van der Waals surface area contributed by atoms with Gasteiger partial charge in [-0.1, -0.05) is 115 Å². The molecule has 0 saturated heterocycles. The van der Waals surface area contributed by atoms with Crippen molar-refractivity contribution in [2.45, 2.75) is 206 Å². The molecule has 0 fully saturated rings. The molecule has 0 aromatic carbocycles. The summed E-state index contributed by atoms with van der Waals surface area (Å²) in [5.74, 6) is -4.50. The molecule has 0 radical (unpaired) electrons. The second kappa shape index (κ2) is 37.2. The normalized spacial score (nSPS) is 12.4. The number of carboxylic acids is 2. The monoisotopic (exact) mass is 781 g/mol. The number of carboxylic acid groups (broad SMARTS) is 2. The third-order valence-electron chi connectivity index (χ3n) is 9.02. The van der Waals surface area contributed by atoms with Crippen molar-refractivity contribution in [1.29, 1.82) is 0 Å². The maximum Gasteiger partial charge on any atom is 0.317 e. The largest absolute Gasteiger partial charge is 0.481 e. The zero-order valence-corrected chi connectivity index (χ0v) is 33.9. The number of esters is 4. The second-order valence-electron chi connectivity index (χ2n) is 14.2. The Balaban J connectivity index is 3.89. The Morgan fingerprint density at radius 3 is 1.20 bits per heavy atom. The van der Waals surface area contributed by atoms with Gasteiger partial charge in [0.15, 0.2) is 0 Å². The van der Waals surface area contributed by atoms with Crippen molar-refractivity contribution in [3.8, 4) is 0 Å². The minimum atomic E-state index is -1.18. The van der Waals surface area contributed by atoms with Crippen molar-refractivity contribution in [3.05, 3.63) is 24.3 Å². The minimum absolute atomic E-state index is 0.284. The van der Waals surface area contributed by atoms with Gasteiger partial charge in [-0.05, 0) is 64.2 Å². The Bertz CT molecular complexity index is 1020. The van der Waals surface area contributed by atoms with Crippen LogP contribution in [0.3, 0.4) is 0 Å². The van der Waals surface area contributed by atoms with E-state index in [1.807, 2.05) is 12.2 Å². The third-order valence-corrected chi connectivity index (χ3v) is 9.02. The predicted molar refractivity (Wildman–Crippen MR) is 211 cm³/mol. The third kappa shape index (κ3) is 37.0. The molecule has 0 aromatic rings. The fraction of sp³-hybridized carbons (Fsp3) is 0.767. The lowest BCUT2D eigenvalue weighted by atomic mass is 10.1. The average Bonchev–Trinajstić information content (AvgIpc) is 3.12. The fourth-order valence-electron chi connectivity index (χ4n) is 5.91. The minimum Gasteiger partial charge on any atom is -0.481 e. The summed E-state index contributed by atoms with van der Waals surface area (Å²) in [6, 6.07) is 0. The van der Waals surface area contributed by atoms with Gasteiger partial charge in [-0.3, -0.25) is 28.8 Å². The first-order valence-corrected chi connectivity index (χ1v) is 21.0. The number of rotatable bonds is 38. The molecule has 0 amide bonds. The highest BCUT2D eigenvalue weighted by Crippen LogP contribution is 2.16. The maximum atomic E-state index is 12.0. The van der Waals surface area contributed by atoms with Crippen LogP contribution in [0, 0.1) is 0 Å². The van der Waals surface area contributed by atoms with Crippen molar-refractivity contribution in [2.24, 2.45) is 0 Å². The van der Waals surface area contributed by atoms with Crippen molar-refractivity contribution in [2.75, 3.05) is 6.79 Å². The van der Waals surface area contributed by atoms with Gasteiger partial charge in [0.1, 0.15) is 25.0 Å². The van der Waals surface area contributed by atoms with Crippen LogP contribution < -0.4 is 0 Å². The summed E-state index contributed by atoms with van der Waals surface area (Å²) in [5, 5.41) is 17.6. The predicted octanol–water partition coefficient (Wildman–Crippen LogP) is 10.1. The number of unbranched alkanes of at least 4 members (excludes halogenated alkanes) is 16. The van der Waals surface area contributed by atoms with Gasteiger partial charge in [-0.2, -0.15) is 0 Å². The van der Waals surface area contributed by atoms with Crippen LogP contribution in [0.5, 0.6) is 0 Å². The van der Waals surface area contributed by atoms with E-state index in [0.29, 0.717) is 25.7 Å². The molecule has 316 valence electrons. The van der Waals surface area contributed by atoms with Gasteiger partial charge in [0.25, 0.3) is 0 Å². The van der Waals surface area contributed by atoms with Crippen LogP contribution in [0.1, 0.15) is 194 Å². The molecule has 0 spiro atoms. The van der Waals surface area contributed by atoms with Crippen molar-refractivity contribution >= 4 is 35.8 Å². The van der Waals surface area contributed by atoms with Crippen LogP contribution in [0.4, 0.5) is 0 Å². The molecule has 12 nitrogen and oxygen atoms in total. The van der Waals surface area contributed by atoms with Crippen molar-refractivity contribution in [1.82, 2.24) is 0 Å². The molecule has 2 atom stereocenters. The summed E-state index contributed by atoms with van der Waals surface area (Å²) in [6.07, 6.45) is 29.2. The van der Waals surface area contributed by atoms with Crippen molar-refractivity contribution in [3.63, 3.8) is 0 Å². The number of hydrogen-bond acceptors (Lipinski definition) is 10. The summed E-state index contributed by atoms with van der Waals surface area (Å²) in [7, 11) is 0. The Morgan fingerprint density at radius 1 is 0.455 bits per heavy atom. The van der Waals surface area contributed by atoms with Gasteiger partial charge in [-0.15, -0.1) is 0 Å². The van der Waals surface area contributed by atoms with E-state index < -0.39 is 36.7 Å². The standard InChI is InChI=1S/C43H72O12/c1-3-5-7-21-27-36(54-42(50)33-38(44)45)29-23-17-13-9-11-15-19-25-31-40(48)52-35-53-41(49)32-26-20-16-12-10-14-18-24-30-37(28-22-8-6-4-2)55-43(51)34-39(46)47/h17-18,23-24,36-37H,3-16,19-22,25-35H2,1-2H3,(H,44,45)(H,46,47)/b23-17-,24-18-/t36-,37+. The number of hydrogen-bond donors (Lipinski definition) is 2. The van der Waals surface area contributed by atoms with Gasteiger partial charge in [0.05, 0.1) is 0 Å². The smallest absolute Gasteiger partial charge is 0.317 e. The fourth-order valence-corrected chi connectivity index (χ4v) is 5.91. The summed E-state index contributed by atoms with van der Waals surface area (Å²) in [4.78, 5) is 69.1. The van der Waals surface area contributed by atoms with E-state index in [4.69, 9.17) is 29.2 Å². The van der Waals surface area contributed by atoms with E-state index in [1.54, 1.807) is 0 Å². The van der Waals surface area contributed by atoms with Crippen LogP contribution in [0.2, 0.25) is 0 Å². The van der Waals surface area contributed by atoms with Gasteiger partial charge in [-0.25, -0.2) is 0 Å². The maximum absolute atomic E-state index is 12.0. The topological polar surface area (TPSA) is 180 Å². The molecule has 55 heavy (non-hydrogen) atoms. The molecule has 0 aliphatic heterocycles. The lowest BCUT2D eigenvalue weighted by molar-refractivity contribution is -0.167. The number of aliphatic carboxylic acids is 2. The lowest BCUT2D eigenvalue weighted by Gasteiger charge is -2.16. The molecule has 0 aliphatic rings. The Hall–Kier alpha value is -3.70. The Kier molecular flexibility index (Phi) is 34.7. The van der Waals surface area contributed by atoms with Crippen LogP contribution >= 0.6 is 0 Å². The van der Waals surface area contributed by atoms with Crippen LogP contribution in [-0.2, 0) is 47.7 Å². The quantitative estimate of drug-likeness (QED) is 0.0151. The molecule has 2 N–H and O–H groups in total. The zero-order chi connectivity index (χ0) is 40.8. The molecule has 0 aromatic heterocycles. The van der Waals surface area contributed by atoms with Crippen LogP contribution in [0.15, 0.2) is 24.3 Å². The second-order valence-corrected chi connectivity index (χ2v) is 14.2. The first-order valence-electron chi connectivity index (χ1n) is 21.0. The Morgan fingerprint density at radius 2 is 0.818 bits per heavy atom. The number of carbonyl (C=O) groups is 6. The van der Waals surface area contributed by atoms with E-state index in [2.05, 4.69) is 26.0 Å². The van der Waals surface area contributed by atoms with E-state index in [-0.39, 0.29) is 43.8 Å². The SMILES string of the molecule is CCCCCC[C@@H](C/C=C\CCCCCCCC(=O)OCOC(=O)CCCCCCC/C=C\C[C@@H](CCCCCC)OC(=O)CC(=O)O)OC(=O)CC(=O)O. The van der Waals surface area contributed by atoms with E-state index in [1.165, 1.54) is 0 Å². The highest BCUT2D eigenvalue weighted by Gasteiger charge is 2.17. The molecule has 12 heteroatoms. The Labute approximate surface area is 330 Å². The molecule has 0 aliphatic carbocycles. The lowest BCUT2D eigenvalue weighted by Crippen LogP contribution is -2.20. The summed E-state index contributed by atoms with van der Waals surface area (Å²) in [6.45, 7) is 3.91. The molecule has 0 unspecified atom stereocenters. The molecule has 0 rings (SSSR count). The highest BCUT2D eigenvalue weighted by molar-refractivity contribution is 5.90. The summed E-state index contributed by atoms with van der Waals surface area (Å²) >= 11 is 0. The number of allylic oxidation sites excluding steroid dienone is 2. The summed E-state index contributed by atoms with van der Waals surface area (Å²) in [5.41, 5.74) is 0.